The summed E-state index contributed by atoms with van der Waals surface area (Å²) in [5.74, 6) is -0.271. The highest BCUT2D eigenvalue weighted by Gasteiger charge is 2.39. The van der Waals surface area contributed by atoms with E-state index in [9.17, 15) is 9.90 Å². The fourth-order valence-electron chi connectivity index (χ4n) is 1.56. The van der Waals surface area contributed by atoms with Gasteiger partial charge in [-0.3, -0.25) is 4.79 Å². The van der Waals surface area contributed by atoms with E-state index in [0.717, 1.165) is 0 Å². The zero-order chi connectivity index (χ0) is 12.3. The lowest BCUT2D eigenvalue weighted by Crippen LogP contribution is -2.64. The van der Waals surface area contributed by atoms with Crippen LogP contribution >= 0.6 is 0 Å². The molecule has 0 radical (unpaired) electrons. The van der Waals surface area contributed by atoms with Gasteiger partial charge in [0, 0.05) is 5.56 Å². The number of aliphatic hydroxyl groups excluding tert-OH is 1. The van der Waals surface area contributed by atoms with Crippen molar-refractivity contribution in [2.75, 3.05) is 19.8 Å². The predicted molar refractivity (Wildman–Crippen MR) is 59.3 cm³/mol. The van der Waals surface area contributed by atoms with Crippen molar-refractivity contribution in [2.45, 2.75) is 5.54 Å². The summed E-state index contributed by atoms with van der Waals surface area (Å²) in [6.45, 7) is 0.506. The van der Waals surface area contributed by atoms with Crippen LogP contribution < -0.4 is 5.32 Å². The molecule has 1 aliphatic rings. The topological polar surface area (TPSA) is 82.4 Å². The van der Waals surface area contributed by atoms with Crippen molar-refractivity contribution in [2.24, 2.45) is 0 Å². The monoisotopic (exact) mass is 232 g/mol. The Morgan fingerprint density at radius 3 is 2.53 bits per heavy atom. The molecule has 17 heavy (non-hydrogen) atoms. The second-order valence-electron chi connectivity index (χ2n) is 4.07. The van der Waals surface area contributed by atoms with Gasteiger partial charge in [-0.1, -0.05) is 0 Å². The molecule has 1 aromatic carbocycles. The minimum atomic E-state index is -0.648. The number of nitriles is 1. The number of aliphatic hydroxyl groups is 1. The number of carbonyl (C=O) groups excluding carboxylic acids is 1. The first-order valence-corrected chi connectivity index (χ1v) is 5.20. The van der Waals surface area contributed by atoms with Gasteiger partial charge in [-0.15, -0.1) is 0 Å². The Hall–Kier alpha value is -1.90. The summed E-state index contributed by atoms with van der Waals surface area (Å²) in [7, 11) is 0. The first-order valence-electron chi connectivity index (χ1n) is 5.20. The maximum absolute atomic E-state index is 11.9. The van der Waals surface area contributed by atoms with Crippen molar-refractivity contribution >= 4 is 5.91 Å². The van der Waals surface area contributed by atoms with E-state index >= 15 is 0 Å². The van der Waals surface area contributed by atoms with Crippen molar-refractivity contribution in [3.63, 3.8) is 0 Å². The highest BCUT2D eigenvalue weighted by molar-refractivity contribution is 5.94. The first kappa shape index (κ1) is 11.6. The normalized spacial score (nSPS) is 16.7. The van der Waals surface area contributed by atoms with Crippen LogP contribution in [0, 0.1) is 11.3 Å². The second kappa shape index (κ2) is 4.53. The molecule has 88 valence electrons. The first-order chi connectivity index (χ1) is 8.19. The van der Waals surface area contributed by atoms with Gasteiger partial charge in [0.05, 0.1) is 31.5 Å². The quantitative estimate of drug-likeness (QED) is 0.771. The SMILES string of the molecule is N#Cc1ccc(C(=O)NC2(CO)COC2)cc1. The number of carbonyl (C=O) groups is 1. The van der Waals surface area contributed by atoms with E-state index in [1.54, 1.807) is 24.3 Å². The lowest BCUT2D eigenvalue weighted by molar-refractivity contribution is -0.0919. The Kier molecular flexibility index (Phi) is 3.09. The number of benzene rings is 1. The summed E-state index contributed by atoms with van der Waals surface area (Å²) in [6.07, 6.45) is 0. The van der Waals surface area contributed by atoms with E-state index in [2.05, 4.69) is 5.32 Å². The fraction of sp³-hybridized carbons (Fsp3) is 0.333. The van der Waals surface area contributed by atoms with Crippen molar-refractivity contribution in [3.8, 4) is 6.07 Å². The van der Waals surface area contributed by atoms with Crippen LogP contribution in [0.4, 0.5) is 0 Å². The Bertz CT molecular complexity index is 452. The maximum Gasteiger partial charge on any atom is 0.251 e. The van der Waals surface area contributed by atoms with Gasteiger partial charge in [-0.25, -0.2) is 0 Å². The molecule has 1 aliphatic heterocycles. The van der Waals surface area contributed by atoms with Gasteiger partial charge in [0.25, 0.3) is 5.91 Å². The van der Waals surface area contributed by atoms with Crippen LogP contribution in [-0.2, 0) is 4.74 Å². The number of nitrogens with zero attached hydrogens (tertiary/aromatic N) is 1. The van der Waals surface area contributed by atoms with E-state index in [1.807, 2.05) is 6.07 Å². The molecule has 0 aliphatic carbocycles. The second-order valence-corrected chi connectivity index (χ2v) is 4.07. The Labute approximate surface area is 98.6 Å². The van der Waals surface area contributed by atoms with Crippen molar-refractivity contribution in [1.82, 2.24) is 5.32 Å². The molecule has 1 amide bonds. The van der Waals surface area contributed by atoms with Crippen LogP contribution in [0.25, 0.3) is 0 Å². The smallest absolute Gasteiger partial charge is 0.251 e. The van der Waals surface area contributed by atoms with Gasteiger partial charge >= 0.3 is 0 Å². The average Bonchev–Trinajstić information content (AvgIpc) is 2.33. The molecule has 2 rings (SSSR count). The van der Waals surface area contributed by atoms with E-state index in [1.165, 1.54) is 0 Å². The number of ether oxygens (including phenoxy) is 1. The molecule has 0 unspecified atom stereocenters. The van der Waals surface area contributed by atoms with Gasteiger partial charge in [0.2, 0.25) is 0 Å². The third-order valence-corrected chi connectivity index (χ3v) is 2.71. The van der Waals surface area contributed by atoms with E-state index < -0.39 is 5.54 Å². The van der Waals surface area contributed by atoms with Crippen LogP contribution in [0.5, 0.6) is 0 Å². The molecule has 0 saturated carbocycles. The number of amides is 1. The van der Waals surface area contributed by atoms with Gasteiger partial charge < -0.3 is 15.2 Å². The van der Waals surface area contributed by atoms with Crippen LogP contribution in [0.2, 0.25) is 0 Å². The molecule has 0 spiro atoms. The molecule has 1 fully saturated rings. The molecule has 5 nitrogen and oxygen atoms in total. The summed E-state index contributed by atoms with van der Waals surface area (Å²) in [5.41, 5.74) is 0.319. The maximum atomic E-state index is 11.9. The van der Waals surface area contributed by atoms with Crippen LogP contribution in [-0.4, -0.2) is 36.4 Å². The predicted octanol–water partition coefficient (Wildman–Crippen LogP) is 0.0494. The third kappa shape index (κ3) is 2.28. The number of nitrogens with one attached hydrogen (secondary N) is 1. The van der Waals surface area contributed by atoms with Crippen molar-refractivity contribution < 1.29 is 14.6 Å². The Morgan fingerprint density at radius 2 is 2.12 bits per heavy atom. The van der Waals surface area contributed by atoms with Crippen LogP contribution in [0.3, 0.4) is 0 Å². The van der Waals surface area contributed by atoms with Crippen LogP contribution in [0.15, 0.2) is 24.3 Å². The number of rotatable bonds is 3. The van der Waals surface area contributed by atoms with E-state index in [4.69, 9.17) is 10.00 Å². The summed E-state index contributed by atoms with van der Waals surface area (Å²) in [6, 6.07) is 8.31. The molecule has 0 aromatic heterocycles. The van der Waals surface area contributed by atoms with Gasteiger partial charge in [-0.05, 0) is 24.3 Å². The lowest BCUT2D eigenvalue weighted by Gasteiger charge is -2.40. The summed E-state index contributed by atoms with van der Waals surface area (Å²) in [5, 5.41) is 20.6. The molecule has 0 bridgehead atoms. The minimum Gasteiger partial charge on any atom is -0.394 e. The number of hydrogen-bond acceptors (Lipinski definition) is 4. The third-order valence-electron chi connectivity index (χ3n) is 2.71. The summed E-state index contributed by atoms with van der Waals surface area (Å²) < 4.78 is 4.98. The molecule has 1 aromatic rings. The number of hydrogen-bond donors (Lipinski definition) is 2. The average molecular weight is 232 g/mol. The largest absolute Gasteiger partial charge is 0.394 e. The molecule has 5 heteroatoms. The molecular weight excluding hydrogens is 220 g/mol. The molecule has 1 saturated heterocycles. The van der Waals surface area contributed by atoms with E-state index in [0.29, 0.717) is 24.3 Å². The molecule has 1 heterocycles. The fourth-order valence-corrected chi connectivity index (χ4v) is 1.56. The highest BCUT2D eigenvalue weighted by atomic mass is 16.5. The summed E-state index contributed by atoms with van der Waals surface area (Å²) >= 11 is 0. The zero-order valence-corrected chi connectivity index (χ0v) is 9.14. The zero-order valence-electron chi connectivity index (χ0n) is 9.14. The summed E-state index contributed by atoms with van der Waals surface area (Å²) in [4.78, 5) is 11.9. The highest BCUT2D eigenvalue weighted by Crippen LogP contribution is 2.17. The van der Waals surface area contributed by atoms with Crippen molar-refractivity contribution in [1.29, 1.82) is 5.26 Å². The van der Waals surface area contributed by atoms with Crippen LogP contribution in [0.1, 0.15) is 15.9 Å². The van der Waals surface area contributed by atoms with Gasteiger partial charge in [-0.2, -0.15) is 5.26 Å². The lowest BCUT2D eigenvalue weighted by atomic mass is 9.98. The molecule has 0 atom stereocenters. The standard InChI is InChI=1S/C12H12N2O3/c13-5-9-1-3-10(4-2-9)11(16)14-12(6-15)7-17-8-12/h1-4,15H,6-8H2,(H,14,16). The van der Waals surface area contributed by atoms with Crippen molar-refractivity contribution in [3.05, 3.63) is 35.4 Å². The molecular formula is C12H12N2O3. The van der Waals surface area contributed by atoms with Gasteiger partial charge in [0.15, 0.2) is 0 Å². The van der Waals surface area contributed by atoms with E-state index in [-0.39, 0.29) is 12.5 Å². The minimum absolute atomic E-state index is 0.144. The Balaban J connectivity index is 2.07. The van der Waals surface area contributed by atoms with Gasteiger partial charge in [0.1, 0.15) is 5.54 Å². The Morgan fingerprint density at radius 1 is 1.47 bits per heavy atom. The molecule has 2 N–H and O–H groups in total.